The summed E-state index contributed by atoms with van der Waals surface area (Å²) < 4.78 is 6.81. The fourth-order valence-corrected chi connectivity index (χ4v) is 4.18. The normalized spacial score (nSPS) is 12.5. The molecule has 2 aromatic carbocycles. The zero-order valence-corrected chi connectivity index (χ0v) is 19.4. The van der Waals surface area contributed by atoms with Gasteiger partial charge in [0.15, 0.2) is 17.0 Å². The lowest BCUT2D eigenvalue weighted by atomic mass is 10.2. The fraction of sp³-hybridized carbons (Fsp3) is 0.280. The van der Waals surface area contributed by atoms with Gasteiger partial charge in [0.25, 0.3) is 0 Å². The molecule has 2 aromatic heterocycles. The van der Waals surface area contributed by atoms with Crippen LogP contribution in [0.5, 0.6) is 5.75 Å². The highest BCUT2D eigenvalue weighted by atomic mass is 16.5. The second-order valence-electron chi connectivity index (χ2n) is 8.15. The van der Waals surface area contributed by atoms with Crippen LogP contribution in [0.25, 0.3) is 11.2 Å². The van der Waals surface area contributed by atoms with Crippen molar-refractivity contribution in [3.8, 4) is 5.75 Å². The number of nitrogens with one attached hydrogen (secondary N) is 2. The first-order chi connectivity index (χ1) is 17.1. The average molecular weight is 474 g/mol. The van der Waals surface area contributed by atoms with E-state index in [0.29, 0.717) is 42.6 Å². The molecule has 3 heterocycles. The SMILES string of the molecule is CCOC(=O)Cn1cnc2c(N3CCc4ccccc43)nc(NCCNc3ccc(O)cc3)nc21. The molecule has 0 unspecified atom stereocenters. The number of hydrogen-bond donors (Lipinski definition) is 3. The number of aromatic nitrogens is 4. The lowest BCUT2D eigenvalue weighted by molar-refractivity contribution is -0.143. The lowest BCUT2D eigenvalue weighted by Gasteiger charge is -2.19. The summed E-state index contributed by atoms with van der Waals surface area (Å²) in [6, 6.07) is 15.2. The molecular formula is C25H27N7O3. The Kier molecular flexibility index (Phi) is 6.34. The Hall–Kier alpha value is -4.34. The number of nitrogens with zero attached hydrogens (tertiary/aromatic N) is 5. The first kappa shape index (κ1) is 22.5. The van der Waals surface area contributed by atoms with Gasteiger partial charge in [-0.3, -0.25) is 4.79 Å². The van der Waals surface area contributed by atoms with Gasteiger partial charge in [-0.2, -0.15) is 9.97 Å². The molecule has 10 heteroatoms. The maximum Gasteiger partial charge on any atom is 0.326 e. The number of fused-ring (bicyclic) bond motifs is 2. The monoisotopic (exact) mass is 473 g/mol. The summed E-state index contributed by atoms with van der Waals surface area (Å²) >= 11 is 0. The average Bonchev–Trinajstić information content (AvgIpc) is 3.47. The van der Waals surface area contributed by atoms with Crippen molar-refractivity contribution in [2.45, 2.75) is 19.9 Å². The smallest absolute Gasteiger partial charge is 0.326 e. The van der Waals surface area contributed by atoms with E-state index in [1.807, 2.05) is 24.3 Å². The first-order valence-corrected chi connectivity index (χ1v) is 11.6. The maximum absolute atomic E-state index is 12.1. The van der Waals surface area contributed by atoms with Gasteiger partial charge in [0.1, 0.15) is 12.3 Å². The summed E-state index contributed by atoms with van der Waals surface area (Å²) in [5.74, 6) is 1.04. The van der Waals surface area contributed by atoms with Crippen molar-refractivity contribution in [1.29, 1.82) is 0 Å². The summed E-state index contributed by atoms with van der Waals surface area (Å²) in [7, 11) is 0. The van der Waals surface area contributed by atoms with Crippen molar-refractivity contribution in [2.24, 2.45) is 0 Å². The van der Waals surface area contributed by atoms with Crippen LogP contribution in [0.2, 0.25) is 0 Å². The Bertz CT molecular complexity index is 1340. The van der Waals surface area contributed by atoms with Crippen LogP contribution in [0.1, 0.15) is 12.5 Å². The van der Waals surface area contributed by atoms with E-state index in [1.54, 1.807) is 30.0 Å². The number of para-hydroxylation sites is 1. The summed E-state index contributed by atoms with van der Waals surface area (Å²) in [5, 5.41) is 16.0. The van der Waals surface area contributed by atoms with Gasteiger partial charge in [-0.1, -0.05) is 18.2 Å². The third-order valence-electron chi connectivity index (χ3n) is 5.80. The van der Waals surface area contributed by atoms with Crippen molar-refractivity contribution in [1.82, 2.24) is 19.5 Å². The summed E-state index contributed by atoms with van der Waals surface area (Å²) in [4.78, 5) is 28.4. The zero-order chi connectivity index (χ0) is 24.2. The number of carbonyl (C=O) groups is 1. The quantitative estimate of drug-likeness (QED) is 0.191. The number of phenols is 1. The number of phenolic OH excluding ortho intramolecular Hbond substituents is 1. The highest BCUT2D eigenvalue weighted by Gasteiger charge is 2.26. The van der Waals surface area contributed by atoms with Crippen molar-refractivity contribution in [3.05, 3.63) is 60.4 Å². The first-order valence-electron chi connectivity index (χ1n) is 11.6. The number of esters is 1. The van der Waals surface area contributed by atoms with Crippen LogP contribution in [0.3, 0.4) is 0 Å². The Balaban J connectivity index is 1.41. The van der Waals surface area contributed by atoms with Crippen molar-refractivity contribution < 1.29 is 14.6 Å². The molecule has 0 atom stereocenters. The molecule has 1 aliphatic heterocycles. The van der Waals surface area contributed by atoms with Crippen LogP contribution < -0.4 is 15.5 Å². The lowest BCUT2D eigenvalue weighted by Crippen LogP contribution is -2.19. The number of benzene rings is 2. The van der Waals surface area contributed by atoms with E-state index in [-0.39, 0.29) is 18.3 Å². The number of ether oxygens (including phenoxy) is 1. The van der Waals surface area contributed by atoms with Gasteiger partial charge in [-0.25, -0.2) is 4.98 Å². The number of hydrogen-bond acceptors (Lipinski definition) is 9. The minimum Gasteiger partial charge on any atom is -0.508 e. The van der Waals surface area contributed by atoms with Crippen LogP contribution in [0, 0.1) is 0 Å². The number of rotatable bonds is 9. The minimum atomic E-state index is -0.342. The fourth-order valence-electron chi connectivity index (χ4n) is 4.18. The molecule has 10 nitrogen and oxygen atoms in total. The van der Waals surface area contributed by atoms with Crippen LogP contribution in [0.4, 0.5) is 23.1 Å². The van der Waals surface area contributed by atoms with Gasteiger partial charge in [0.05, 0.1) is 12.9 Å². The highest BCUT2D eigenvalue weighted by molar-refractivity contribution is 5.89. The van der Waals surface area contributed by atoms with Gasteiger partial charge in [0, 0.05) is 31.0 Å². The summed E-state index contributed by atoms with van der Waals surface area (Å²) in [5.41, 5.74) is 4.48. The Labute approximate surface area is 202 Å². The predicted molar refractivity (Wildman–Crippen MR) is 134 cm³/mol. The van der Waals surface area contributed by atoms with Gasteiger partial charge >= 0.3 is 5.97 Å². The molecule has 0 spiro atoms. The van der Waals surface area contributed by atoms with Crippen molar-refractivity contribution >= 4 is 40.3 Å². The molecule has 4 aromatic rings. The molecule has 180 valence electrons. The minimum absolute atomic E-state index is 0.0270. The standard InChI is InChI=1S/C25H27N7O3/c1-2-35-21(34)15-31-16-28-22-23(31)29-25(27-13-12-26-18-7-9-19(33)10-8-18)30-24(22)32-14-11-17-5-3-4-6-20(17)32/h3-10,16,26,33H,2,11-15H2,1H3,(H,27,29,30). The Morgan fingerprint density at radius 2 is 1.89 bits per heavy atom. The molecule has 35 heavy (non-hydrogen) atoms. The van der Waals surface area contributed by atoms with Crippen molar-refractivity contribution in [3.63, 3.8) is 0 Å². The number of anilines is 4. The summed E-state index contributed by atoms with van der Waals surface area (Å²) in [6.07, 6.45) is 2.53. The van der Waals surface area contributed by atoms with E-state index < -0.39 is 0 Å². The number of aromatic hydroxyl groups is 1. The number of carbonyl (C=O) groups excluding carboxylic acids is 1. The second-order valence-corrected chi connectivity index (χ2v) is 8.15. The van der Waals surface area contributed by atoms with Gasteiger partial charge in [0.2, 0.25) is 5.95 Å². The van der Waals surface area contributed by atoms with E-state index in [1.165, 1.54) is 5.56 Å². The Morgan fingerprint density at radius 1 is 1.09 bits per heavy atom. The molecule has 5 rings (SSSR count). The van der Waals surface area contributed by atoms with E-state index in [4.69, 9.17) is 9.72 Å². The molecule has 0 aliphatic carbocycles. The number of imidazole rings is 1. The van der Waals surface area contributed by atoms with Crippen LogP contribution in [-0.4, -0.2) is 56.8 Å². The molecule has 0 amide bonds. The van der Waals surface area contributed by atoms with Gasteiger partial charge in [-0.05, 0) is 49.2 Å². The van der Waals surface area contributed by atoms with Crippen LogP contribution in [-0.2, 0) is 22.5 Å². The molecule has 0 radical (unpaired) electrons. The van der Waals surface area contributed by atoms with E-state index in [2.05, 4.69) is 37.6 Å². The molecule has 0 bridgehead atoms. The maximum atomic E-state index is 12.1. The molecule has 3 N–H and O–H groups in total. The van der Waals surface area contributed by atoms with Crippen LogP contribution in [0.15, 0.2) is 54.9 Å². The van der Waals surface area contributed by atoms with E-state index >= 15 is 0 Å². The molecule has 0 saturated carbocycles. The van der Waals surface area contributed by atoms with Crippen molar-refractivity contribution in [2.75, 3.05) is 41.8 Å². The molecule has 0 fully saturated rings. The highest BCUT2D eigenvalue weighted by Crippen LogP contribution is 2.36. The third kappa shape index (κ3) is 4.81. The Morgan fingerprint density at radius 3 is 2.71 bits per heavy atom. The van der Waals surface area contributed by atoms with Crippen LogP contribution >= 0.6 is 0 Å². The largest absolute Gasteiger partial charge is 0.508 e. The second kappa shape index (κ2) is 9.88. The molecular weight excluding hydrogens is 446 g/mol. The predicted octanol–water partition coefficient (Wildman–Crippen LogP) is 3.31. The zero-order valence-electron chi connectivity index (χ0n) is 19.4. The molecule has 1 aliphatic rings. The molecule has 0 saturated heterocycles. The van der Waals surface area contributed by atoms with Gasteiger partial charge < -0.3 is 29.9 Å². The topological polar surface area (TPSA) is 117 Å². The van der Waals surface area contributed by atoms with Gasteiger partial charge in [-0.15, -0.1) is 0 Å². The third-order valence-corrected chi connectivity index (χ3v) is 5.80. The summed E-state index contributed by atoms with van der Waals surface area (Å²) in [6.45, 7) is 4.10. The van der Waals surface area contributed by atoms with E-state index in [0.717, 1.165) is 24.3 Å². The van der Waals surface area contributed by atoms with E-state index in [9.17, 15) is 9.90 Å².